The van der Waals surface area contributed by atoms with Gasteiger partial charge >= 0.3 is 0 Å². The summed E-state index contributed by atoms with van der Waals surface area (Å²) in [5.74, 6) is 0.470. The third kappa shape index (κ3) is 2.65. The van der Waals surface area contributed by atoms with Crippen molar-refractivity contribution in [3.05, 3.63) is 35.9 Å². The molecule has 0 aliphatic heterocycles. The number of carbonyl (C=O) groups excluding carboxylic acids is 1. The number of halogens is 1. The van der Waals surface area contributed by atoms with Crippen molar-refractivity contribution in [2.24, 2.45) is 5.92 Å². The average Bonchev–Trinajstić information content (AvgIpc) is 2.39. The molecular weight excluding hydrogens is 220 g/mol. The minimum Gasteiger partial charge on any atom is -0.292 e. The number of alkyl halides is 1. The Bertz CT molecular complexity index is 341. The fraction of sp³-hybridized carbons (Fsp3) is 0.500. The molecule has 0 bridgehead atoms. The molecule has 1 aromatic rings. The van der Waals surface area contributed by atoms with Crippen molar-refractivity contribution in [2.45, 2.75) is 37.5 Å². The predicted octanol–water partition coefficient (Wildman–Crippen LogP) is 4.06. The van der Waals surface area contributed by atoms with Crippen LogP contribution in [0.2, 0.25) is 0 Å². The Morgan fingerprint density at radius 3 is 2.38 bits per heavy atom. The van der Waals surface area contributed by atoms with Gasteiger partial charge in [-0.1, -0.05) is 49.6 Å². The first-order valence-electron chi connectivity index (χ1n) is 6.02. The van der Waals surface area contributed by atoms with Crippen molar-refractivity contribution >= 4 is 17.4 Å². The maximum Gasteiger partial charge on any atom is 0.180 e. The highest BCUT2D eigenvalue weighted by atomic mass is 35.5. The van der Waals surface area contributed by atoms with Gasteiger partial charge in [-0.15, -0.1) is 11.6 Å². The zero-order valence-electron chi connectivity index (χ0n) is 9.36. The molecular formula is C14H17ClO. The quantitative estimate of drug-likeness (QED) is 0.572. The van der Waals surface area contributed by atoms with Crippen LogP contribution < -0.4 is 0 Å². The Labute approximate surface area is 102 Å². The van der Waals surface area contributed by atoms with Crippen molar-refractivity contribution < 1.29 is 4.79 Å². The predicted molar refractivity (Wildman–Crippen MR) is 67.0 cm³/mol. The van der Waals surface area contributed by atoms with Crippen LogP contribution in [0.5, 0.6) is 0 Å². The van der Waals surface area contributed by atoms with E-state index >= 15 is 0 Å². The van der Waals surface area contributed by atoms with E-state index in [-0.39, 0.29) is 11.2 Å². The second-order valence-corrected chi connectivity index (χ2v) is 5.00. The molecule has 0 saturated heterocycles. The third-order valence-electron chi connectivity index (χ3n) is 3.37. The largest absolute Gasteiger partial charge is 0.292 e. The summed E-state index contributed by atoms with van der Waals surface area (Å²) < 4.78 is 0. The van der Waals surface area contributed by atoms with Crippen molar-refractivity contribution in [1.82, 2.24) is 0 Å². The highest BCUT2D eigenvalue weighted by molar-refractivity contribution is 6.34. The second kappa shape index (κ2) is 5.49. The summed E-state index contributed by atoms with van der Waals surface area (Å²) in [5.41, 5.74) is 0.744. The van der Waals surface area contributed by atoms with Gasteiger partial charge in [0.25, 0.3) is 0 Å². The van der Waals surface area contributed by atoms with E-state index in [1.807, 2.05) is 30.3 Å². The maximum absolute atomic E-state index is 12.1. The van der Waals surface area contributed by atoms with Crippen LogP contribution in [0.15, 0.2) is 30.3 Å². The van der Waals surface area contributed by atoms with Gasteiger partial charge in [-0.05, 0) is 18.8 Å². The summed E-state index contributed by atoms with van der Waals surface area (Å²) in [4.78, 5) is 12.1. The Hall–Kier alpha value is -0.820. The second-order valence-electron chi connectivity index (χ2n) is 4.53. The van der Waals surface area contributed by atoms with Gasteiger partial charge in [-0.2, -0.15) is 0 Å². The lowest BCUT2D eigenvalue weighted by atomic mass is 9.84. The number of hydrogen-bond acceptors (Lipinski definition) is 1. The molecule has 1 fully saturated rings. The van der Waals surface area contributed by atoms with E-state index in [0.29, 0.717) is 5.92 Å². The fourth-order valence-corrected chi connectivity index (χ4v) is 2.78. The summed E-state index contributed by atoms with van der Waals surface area (Å²) in [5, 5.41) is -0.331. The molecule has 1 atom stereocenters. The number of Topliss-reactive ketones (excluding diaryl/α,β-unsaturated/α-hetero) is 1. The smallest absolute Gasteiger partial charge is 0.180 e. The monoisotopic (exact) mass is 236 g/mol. The summed E-state index contributed by atoms with van der Waals surface area (Å²) in [6, 6.07) is 9.39. The molecule has 0 amide bonds. The minimum absolute atomic E-state index is 0.0918. The summed E-state index contributed by atoms with van der Waals surface area (Å²) in [6.45, 7) is 0. The molecule has 1 nitrogen and oxygen atoms in total. The number of rotatable bonds is 3. The van der Waals surface area contributed by atoms with E-state index < -0.39 is 0 Å². The zero-order valence-corrected chi connectivity index (χ0v) is 10.1. The van der Waals surface area contributed by atoms with Crippen molar-refractivity contribution in [3.8, 4) is 0 Å². The molecule has 0 radical (unpaired) electrons. The van der Waals surface area contributed by atoms with Gasteiger partial charge in [0.1, 0.15) is 0 Å². The molecule has 1 aliphatic rings. The average molecular weight is 237 g/mol. The van der Waals surface area contributed by atoms with Crippen LogP contribution in [-0.4, -0.2) is 11.2 Å². The number of benzene rings is 1. The normalized spacial score (nSPS) is 19.3. The van der Waals surface area contributed by atoms with E-state index in [2.05, 4.69) is 0 Å². The van der Waals surface area contributed by atoms with Gasteiger partial charge in [-0.25, -0.2) is 0 Å². The van der Waals surface area contributed by atoms with Crippen LogP contribution in [0.3, 0.4) is 0 Å². The van der Waals surface area contributed by atoms with Crippen LogP contribution >= 0.6 is 11.6 Å². The SMILES string of the molecule is O=C(c1ccccc1)C(Cl)C1CCCCC1. The third-order valence-corrected chi connectivity index (χ3v) is 3.93. The molecule has 0 N–H and O–H groups in total. The Morgan fingerprint density at radius 1 is 1.12 bits per heavy atom. The highest BCUT2D eigenvalue weighted by Gasteiger charge is 2.27. The molecule has 2 rings (SSSR count). The maximum atomic E-state index is 12.1. The molecule has 1 unspecified atom stereocenters. The van der Waals surface area contributed by atoms with Crippen LogP contribution in [0.25, 0.3) is 0 Å². The van der Waals surface area contributed by atoms with Gasteiger partial charge in [0, 0.05) is 5.56 Å². The van der Waals surface area contributed by atoms with Crippen LogP contribution in [-0.2, 0) is 0 Å². The van der Waals surface area contributed by atoms with Crippen LogP contribution in [0.1, 0.15) is 42.5 Å². The minimum atomic E-state index is -0.331. The summed E-state index contributed by atoms with van der Waals surface area (Å²) in [6.07, 6.45) is 5.94. The topological polar surface area (TPSA) is 17.1 Å². The van der Waals surface area contributed by atoms with E-state index in [1.165, 1.54) is 19.3 Å². The van der Waals surface area contributed by atoms with Gasteiger partial charge in [-0.3, -0.25) is 4.79 Å². The van der Waals surface area contributed by atoms with Crippen molar-refractivity contribution in [3.63, 3.8) is 0 Å². The standard InChI is InChI=1S/C14H17ClO/c15-13(11-7-3-1-4-8-11)14(16)12-9-5-2-6-10-12/h2,5-6,9-11,13H,1,3-4,7-8H2. The van der Waals surface area contributed by atoms with E-state index in [0.717, 1.165) is 18.4 Å². The van der Waals surface area contributed by atoms with E-state index in [4.69, 9.17) is 11.6 Å². The lowest BCUT2D eigenvalue weighted by molar-refractivity contribution is 0.0956. The zero-order chi connectivity index (χ0) is 11.4. The van der Waals surface area contributed by atoms with Crippen molar-refractivity contribution in [1.29, 1.82) is 0 Å². The first kappa shape index (κ1) is 11.7. The van der Waals surface area contributed by atoms with E-state index in [9.17, 15) is 4.79 Å². The Kier molecular flexibility index (Phi) is 4.00. The Morgan fingerprint density at radius 2 is 1.75 bits per heavy atom. The van der Waals surface area contributed by atoms with Crippen molar-refractivity contribution in [2.75, 3.05) is 0 Å². The molecule has 0 spiro atoms. The van der Waals surface area contributed by atoms with E-state index in [1.54, 1.807) is 0 Å². The molecule has 1 aliphatic carbocycles. The summed E-state index contributed by atoms with van der Waals surface area (Å²) >= 11 is 6.30. The van der Waals surface area contributed by atoms with Gasteiger partial charge in [0.2, 0.25) is 0 Å². The van der Waals surface area contributed by atoms with Gasteiger partial charge < -0.3 is 0 Å². The first-order chi connectivity index (χ1) is 7.79. The number of carbonyl (C=O) groups is 1. The lowest BCUT2D eigenvalue weighted by Gasteiger charge is -2.25. The molecule has 2 heteroatoms. The molecule has 0 heterocycles. The van der Waals surface area contributed by atoms with Crippen LogP contribution in [0, 0.1) is 5.92 Å². The molecule has 0 aromatic heterocycles. The molecule has 1 saturated carbocycles. The highest BCUT2D eigenvalue weighted by Crippen LogP contribution is 2.30. The summed E-state index contributed by atoms with van der Waals surface area (Å²) in [7, 11) is 0. The lowest BCUT2D eigenvalue weighted by Crippen LogP contribution is -2.26. The number of ketones is 1. The van der Waals surface area contributed by atoms with Gasteiger partial charge in [0.15, 0.2) is 5.78 Å². The van der Waals surface area contributed by atoms with Gasteiger partial charge in [0.05, 0.1) is 5.38 Å². The fourth-order valence-electron chi connectivity index (χ4n) is 2.40. The molecule has 1 aromatic carbocycles. The first-order valence-corrected chi connectivity index (χ1v) is 6.46. The van der Waals surface area contributed by atoms with Crippen LogP contribution in [0.4, 0.5) is 0 Å². The number of hydrogen-bond donors (Lipinski definition) is 0. The molecule has 86 valence electrons. The molecule has 16 heavy (non-hydrogen) atoms. The Balaban J connectivity index is 2.04.